The average molecular weight is 518 g/mol. The van der Waals surface area contributed by atoms with Crippen molar-refractivity contribution in [1.82, 2.24) is 10.6 Å². The van der Waals surface area contributed by atoms with Gasteiger partial charge in [-0.1, -0.05) is 12.1 Å². The van der Waals surface area contributed by atoms with E-state index in [2.05, 4.69) is 32.7 Å². The highest BCUT2D eigenvalue weighted by molar-refractivity contribution is 14.0. The summed E-state index contributed by atoms with van der Waals surface area (Å²) in [6.45, 7) is 5.13. The number of nitrogens with one attached hydrogen (secondary N) is 2. The van der Waals surface area contributed by atoms with E-state index in [1.54, 1.807) is 7.11 Å². The number of nitrogens with zero attached hydrogens (tertiary/aromatic N) is 2. The van der Waals surface area contributed by atoms with Gasteiger partial charge in [-0.05, 0) is 37.8 Å². The second-order valence-corrected chi connectivity index (χ2v) is 7.31. The first-order chi connectivity index (χ1) is 13.8. The predicted octanol–water partition coefficient (Wildman–Crippen LogP) is 2.64. The normalized spacial score (nSPS) is 21.7. The average Bonchev–Trinajstić information content (AvgIpc) is 3.41. The summed E-state index contributed by atoms with van der Waals surface area (Å²) >= 11 is 0. The molecule has 1 aromatic rings. The fraction of sp³-hybridized carbons (Fsp3) is 0.667. The van der Waals surface area contributed by atoms with E-state index in [0.29, 0.717) is 18.8 Å². The van der Waals surface area contributed by atoms with Gasteiger partial charge < -0.3 is 29.7 Å². The molecule has 164 valence electrons. The molecule has 2 saturated heterocycles. The van der Waals surface area contributed by atoms with Gasteiger partial charge in [-0.25, -0.2) is 0 Å². The van der Waals surface area contributed by atoms with Crippen LogP contribution in [0.1, 0.15) is 25.7 Å². The van der Waals surface area contributed by atoms with Gasteiger partial charge in [0.25, 0.3) is 0 Å². The minimum Gasteiger partial charge on any atom is -0.495 e. The van der Waals surface area contributed by atoms with Crippen LogP contribution in [0, 0.1) is 0 Å². The number of hydrogen-bond donors (Lipinski definition) is 2. The molecule has 1 aromatic carbocycles. The lowest BCUT2D eigenvalue weighted by Crippen LogP contribution is -2.45. The molecule has 3 rings (SSSR count). The summed E-state index contributed by atoms with van der Waals surface area (Å²) in [5, 5.41) is 6.92. The van der Waals surface area contributed by atoms with Crippen LogP contribution in [0.2, 0.25) is 0 Å². The van der Waals surface area contributed by atoms with Crippen LogP contribution in [-0.2, 0) is 9.47 Å². The topological polar surface area (TPSA) is 67.4 Å². The molecule has 0 radical (unpaired) electrons. The van der Waals surface area contributed by atoms with Gasteiger partial charge in [0.05, 0.1) is 25.5 Å². The maximum atomic E-state index is 5.71. The van der Waals surface area contributed by atoms with Crippen LogP contribution in [0.15, 0.2) is 29.3 Å². The van der Waals surface area contributed by atoms with Gasteiger partial charge in [0, 0.05) is 45.9 Å². The fourth-order valence-electron chi connectivity index (χ4n) is 3.75. The van der Waals surface area contributed by atoms with E-state index in [-0.39, 0.29) is 24.0 Å². The van der Waals surface area contributed by atoms with Crippen molar-refractivity contribution in [3.05, 3.63) is 24.3 Å². The lowest BCUT2D eigenvalue weighted by atomic mass is 10.2. The van der Waals surface area contributed by atoms with Gasteiger partial charge >= 0.3 is 0 Å². The molecule has 2 aliphatic rings. The summed E-state index contributed by atoms with van der Waals surface area (Å²) in [6.07, 6.45) is 4.61. The number of para-hydroxylation sites is 2. The second kappa shape index (κ2) is 13.1. The first kappa shape index (κ1) is 24.0. The summed E-state index contributed by atoms with van der Waals surface area (Å²) in [6, 6.07) is 8.55. The van der Waals surface area contributed by atoms with Crippen LogP contribution >= 0.6 is 24.0 Å². The maximum Gasteiger partial charge on any atom is 0.191 e. The summed E-state index contributed by atoms with van der Waals surface area (Å²) < 4.78 is 16.8. The number of rotatable bonds is 9. The van der Waals surface area contributed by atoms with Crippen molar-refractivity contribution in [2.24, 2.45) is 4.99 Å². The van der Waals surface area contributed by atoms with Crippen molar-refractivity contribution in [1.29, 1.82) is 0 Å². The Hall–Kier alpha value is -1.26. The fourth-order valence-corrected chi connectivity index (χ4v) is 3.75. The van der Waals surface area contributed by atoms with E-state index < -0.39 is 0 Å². The summed E-state index contributed by atoms with van der Waals surface area (Å²) in [4.78, 5) is 6.72. The highest BCUT2D eigenvalue weighted by Crippen LogP contribution is 2.30. The number of ether oxygens (including phenoxy) is 3. The molecule has 2 atom stereocenters. The van der Waals surface area contributed by atoms with E-state index in [4.69, 9.17) is 14.2 Å². The molecule has 2 unspecified atom stereocenters. The van der Waals surface area contributed by atoms with Gasteiger partial charge in [-0.2, -0.15) is 0 Å². The third-order valence-corrected chi connectivity index (χ3v) is 5.26. The van der Waals surface area contributed by atoms with Gasteiger partial charge in [0.15, 0.2) is 5.96 Å². The van der Waals surface area contributed by atoms with E-state index in [0.717, 1.165) is 75.9 Å². The Morgan fingerprint density at radius 1 is 1.31 bits per heavy atom. The van der Waals surface area contributed by atoms with Gasteiger partial charge in [-0.3, -0.25) is 4.99 Å². The van der Waals surface area contributed by atoms with Crippen LogP contribution in [-0.4, -0.2) is 71.7 Å². The van der Waals surface area contributed by atoms with Crippen LogP contribution in [0.4, 0.5) is 5.69 Å². The Labute approximate surface area is 191 Å². The van der Waals surface area contributed by atoms with Crippen LogP contribution < -0.4 is 20.3 Å². The van der Waals surface area contributed by atoms with Crippen molar-refractivity contribution >= 4 is 35.6 Å². The van der Waals surface area contributed by atoms with Crippen molar-refractivity contribution in [2.45, 2.75) is 37.8 Å². The van der Waals surface area contributed by atoms with E-state index in [1.807, 2.05) is 19.2 Å². The van der Waals surface area contributed by atoms with Crippen molar-refractivity contribution in [3.8, 4) is 5.75 Å². The summed E-state index contributed by atoms with van der Waals surface area (Å²) in [5.41, 5.74) is 1.15. The molecular weight excluding hydrogens is 483 g/mol. The number of hydrogen-bond acceptors (Lipinski definition) is 5. The molecule has 0 saturated carbocycles. The Kier molecular flexibility index (Phi) is 10.9. The Bertz CT molecular complexity index is 626. The highest BCUT2D eigenvalue weighted by atomic mass is 127. The van der Waals surface area contributed by atoms with Crippen molar-refractivity contribution in [3.63, 3.8) is 0 Å². The first-order valence-electron chi connectivity index (χ1n) is 10.3. The van der Waals surface area contributed by atoms with E-state index >= 15 is 0 Å². The molecule has 0 amide bonds. The minimum absolute atomic E-state index is 0. The lowest BCUT2D eigenvalue weighted by Gasteiger charge is -2.22. The lowest BCUT2D eigenvalue weighted by molar-refractivity contribution is 0.0168. The predicted molar refractivity (Wildman–Crippen MR) is 128 cm³/mol. The number of benzene rings is 1. The summed E-state index contributed by atoms with van der Waals surface area (Å²) in [7, 11) is 3.54. The molecule has 2 heterocycles. The first-order valence-corrected chi connectivity index (χ1v) is 10.3. The van der Waals surface area contributed by atoms with Gasteiger partial charge in [0.2, 0.25) is 0 Å². The molecule has 0 spiro atoms. The van der Waals surface area contributed by atoms with Crippen LogP contribution in [0.5, 0.6) is 5.75 Å². The van der Waals surface area contributed by atoms with E-state index in [9.17, 15) is 0 Å². The SMILES string of the molecule is CN=C(NCCCOCC1CCCO1)NC1CCN(c2ccccc2OC)C1.I. The van der Waals surface area contributed by atoms with Gasteiger partial charge in [-0.15, -0.1) is 24.0 Å². The second-order valence-electron chi connectivity index (χ2n) is 7.31. The molecule has 2 N–H and O–H groups in total. The molecule has 0 aliphatic carbocycles. The zero-order valence-electron chi connectivity index (χ0n) is 17.6. The molecular formula is C21H35IN4O3. The van der Waals surface area contributed by atoms with Crippen molar-refractivity contribution < 1.29 is 14.2 Å². The molecule has 0 aromatic heterocycles. The molecule has 8 heteroatoms. The highest BCUT2D eigenvalue weighted by Gasteiger charge is 2.25. The Balaban J connectivity index is 0.00000300. The molecule has 0 bridgehead atoms. The zero-order valence-corrected chi connectivity index (χ0v) is 19.9. The standard InChI is InChI=1S/C21H34N4O3.HI/c1-22-21(23-11-6-13-27-16-18-7-5-14-28-18)24-17-10-12-25(15-17)19-8-3-4-9-20(19)26-2;/h3-4,8-9,17-18H,5-7,10-16H2,1-2H3,(H2,22,23,24);1H. The number of guanidine groups is 1. The molecule has 2 aliphatic heterocycles. The number of anilines is 1. The van der Waals surface area contributed by atoms with E-state index in [1.165, 1.54) is 0 Å². The quantitative estimate of drug-likeness (QED) is 0.227. The van der Waals surface area contributed by atoms with Crippen molar-refractivity contribution in [2.75, 3.05) is 58.5 Å². The smallest absolute Gasteiger partial charge is 0.191 e. The third-order valence-electron chi connectivity index (χ3n) is 5.26. The Morgan fingerprint density at radius 2 is 2.17 bits per heavy atom. The molecule has 29 heavy (non-hydrogen) atoms. The number of methoxy groups -OCH3 is 1. The minimum atomic E-state index is 0. The number of halogens is 1. The third kappa shape index (κ3) is 7.49. The maximum absolute atomic E-state index is 5.71. The molecule has 7 nitrogen and oxygen atoms in total. The van der Waals surface area contributed by atoms with Gasteiger partial charge in [0.1, 0.15) is 5.75 Å². The van der Waals surface area contributed by atoms with Crippen LogP contribution in [0.25, 0.3) is 0 Å². The number of aliphatic imine (C=N–C) groups is 1. The Morgan fingerprint density at radius 3 is 2.93 bits per heavy atom. The summed E-state index contributed by atoms with van der Waals surface area (Å²) in [5.74, 6) is 1.78. The van der Waals surface area contributed by atoms with Crippen LogP contribution in [0.3, 0.4) is 0 Å². The monoisotopic (exact) mass is 518 g/mol. The molecule has 2 fully saturated rings. The largest absolute Gasteiger partial charge is 0.495 e. The zero-order chi connectivity index (χ0) is 19.6.